The van der Waals surface area contributed by atoms with Gasteiger partial charge < -0.3 is 9.15 Å². The summed E-state index contributed by atoms with van der Waals surface area (Å²) in [5, 5.41) is 2.77. The van der Waals surface area contributed by atoms with Crippen LogP contribution in [0.3, 0.4) is 0 Å². The molecule has 7 nitrogen and oxygen atoms in total. The van der Waals surface area contributed by atoms with Gasteiger partial charge in [0.05, 0.1) is 0 Å². The molecule has 3 aromatic rings. The number of ether oxygens (including phenoxy) is 1. The number of benzene rings is 2. The lowest BCUT2D eigenvalue weighted by Gasteiger charge is -2.27. The average molecular weight is 434 g/mol. The molecule has 1 fully saturated rings. The molecule has 0 saturated carbocycles. The molecule has 7 heteroatoms. The van der Waals surface area contributed by atoms with Crippen LogP contribution in [0.25, 0.3) is 22.6 Å². The van der Waals surface area contributed by atoms with Gasteiger partial charge >= 0.3 is 12.1 Å². The lowest BCUT2D eigenvalue weighted by Crippen LogP contribution is -2.45. The second-order valence-electron chi connectivity index (χ2n) is 8.75. The number of hydrogen-bond acceptors (Lipinski definition) is 5. The minimum atomic E-state index is -0.628. The van der Waals surface area contributed by atoms with Gasteiger partial charge in [0.1, 0.15) is 17.3 Å². The number of amides is 2. The lowest BCUT2D eigenvalue weighted by atomic mass is 10.1. The van der Waals surface area contributed by atoms with E-state index < -0.39 is 17.7 Å². The highest BCUT2D eigenvalue weighted by Gasteiger charge is 2.37. The first-order valence-electron chi connectivity index (χ1n) is 10.7. The van der Waals surface area contributed by atoms with Crippen molar-refractivity contribution in [3.8, 4) is 22.6 Å². The van der Waals surface area contributed by atoms with Crippen molar-refractivity contribution in [2.75, 3.05) is 11.9 Å². The van der Waals surface area contributed by atoms with Crippen molar-refractivity contribution in [3.63, 3.8) is 0 Å². The van der Waals surface area contributed by atoms with Crippen LogP contribution in [0.2, 0.25) is 0 Å². The molecule has 1 N–H and O–H groups in total. The Kier molecular flexibility index (Phi) is 5.99. The third kappa shape index (κ3) is 4.82. The van der Waals surface area contributed by atoms with Crippen molar-refractivity contribution in [2.45, 2.75) is 45.3 Å². The van der Waals surface area contributed by atoms with Crippen molar-refractivity contribution in [2.24, 2.45) is 0 Å². The first-order chi connectivity index (χ1) is 15.3. The topological polar surface area (TPSA) is 84.7 Å². The average Bonchev–Trinajstić information content (AvgIpc) is 3.41. The van der Waals surface area contributed by atoms with Crippen LogP contribution in [-0.2, 0) is 9.53 Å². The second-order valence-corrected chi connectivity index (χ2v) is 8.75. The quantitative estimate of drug-likeness (QED) is 0.600. The highest BCUT2D eigenvalue weighted by atomic mass is 16.6. The molecule has 1 aliphatic heterocycles. The molecule has 1 aliphatic rings. The van der Waals surface area contributed by atoms with Gasteiger partial charge in [-0.1, -0.05) is 60.7 Å². The summed E-state index contributed by atoms with van der Waals surface area (Å²) in [5.41, 5.74) is 1.75. The molecule has 0 spiro atoms. The summed E-state index contributed by atoms with van der Waals surface area (Å²) in [4.78, 5) is 31.6. The summed E-state index contributed by atoms with van der Waals surface area (Å²) in [6.45, 7) is 5.89. The number of oxazole rings is 1. The molecule has 166 valence electrons. The van der Waals surface area contributed by atoms with E-state index in [2.05, 4.69) is 10.3 Å². The van der Waals surface area contributed by atoms with Gasteiger partial charge in [0.2, 0.25) is 0 Å². The first kappa shape index (κ1) is 21.6. The molecule has 4 rings (SSSR count). The number of anilines is 1. The molecule has 0 radical (unpaired) electrons. The number of carbonyl (C=O) groups excluding carboxylic acids is 2. The zero-order chi connectivity index (χ0) is 22.7. The summed E-state index contributed by atoms with van der Waals surface area (Å²) in [5.74, 6) is 0.233. The predicted octanol–water partition coefficient (Wildman–Crippen LogP) is 5.35. The second kappa shape index (κ2) is 8.86. The zero-order valence-electron chi connectivity index (χ0n) is 18.5. The Hall–Kier alpha value is -3.61. The van der Waals surface area contributed by atoms with Crippen LogP contribution in [0, 0.1) is 0 Å². The summed E-state index contributed by atoms with van der Waals surface area (Å²) >= 11 is 0. The van der Waals surface area contributed by atoms with Gasteiger partial charge in [-0.2, -0.15) is 4.98 Å². The van der Waals surface area contributed by atoms with Gasteiger partial charge in [-0.05, 0) is 33.6 Å². The maximum Gasteiger partial charge on any atom is 0.410 e. The molecule has 32 heavy (non-hydrogen) atoms. The van der Waals surface area contributed by atoms with Crippen LogP contribution < -0.4 is 5.32 Å². The maximum atomic E-state index is 13.0. The van der Waals surface area contributed by atoms with E-state index in [4.69, 9.17) is 9.15 Å². The Morgan fingerprint density at radius 2 is 1.66 bits per heavy atom. The molecular weight excluding hydrogens is 406 g/mol. The Balaban J connectivity index is 1.58. The summed E-state index contributed by atoms with van der Waals surface area (Å²) in [6.07, 6.45) is 0.800. The fraction of sp³-hybridized carbons (Fsp3) is 0.320. The lowest BCUT2D eigenvalue weighted by molar-refractivity contribution is -0.120. The van der Waals surface area contributed by atoms with E-state index in [-0.39, 0.29) is 11.9 Å². The molecule has 0 bridgehead atoms. The third-order valence-electron chi connectivity index (χ3n) is 5.12. The van der Waals surface area contributed by atoms with Crippen molar-refractivity contribution >= 4 is 18.0 Å². The number of nitrogens with zero attached hydrogens (tertiary/aromatic N) is 2. The minimum Gasteiger partial charge on any atom is -0.444 e. The van der Waals surface area contributed by atoms with E-state index >= 15 is 0 Å². The summed E-state index contributed by atoms with van der Waals surface area (Å²) in [6, 6.07) is 18.8. The standard InChI is InChI=1S/C25H27N3O4/c1-25(2,3)32-24(30)28-16-10-15-19(28)22(29)27-23-26-20(17-11-6-4-7-12-17)21(31-23)18-13-8-5-9-14-18/h4-9,11-14,19H,10,15-16H2,1-3H3,(H,26,27,29)/t19-/m0/s1. The fourth-order valence-corrected chi connectivity index (χ4v) is 3.72. The zero-order valence-corrected chi connectivity index (χ0v) is 18.5. The molecule has 1 atom stereocenters. The number of rotatable bonds is 4. The van der Waals surface area contributed by atoms with E-state index in [0.717, 1.165) is 17.5 Å². The van der Waals surface area contributed by atoms with Crippen molar-refractivity contribution in [1.29, 1.82) is 0 Å². The third-order valence-corrected chi connectivity index (χ3v) is 5.12. The van der Waals surface area contributed by atoms with Crippen LogP contribution in [0.15, 0.2) is 65.1 Å². The van der Waals surface area contributed by atoms with Gasteiger partial charge in [0.15, 0.2) is 5.76 Å². The SMILES string of the molecule is CC(C)(C)OC(=O)N1CCC[C@H]1C(=O)Nc1nc(-c2ccccc2)c(-c2ccccc2)o1. The Labute approximate surface area is 187 Å². The largest absolute Gasteiger partial charge is 0.444 e. The highest BCUT2D eigenvalue weighted by Crippen LogP contribution is 2.34. The molecule has 2 aromatic carbocycles. The van der Waals surface area contributed by atoms with Gasteiger partial charge in [-0.15, -0.1) is 0 Å². The number of likely N-dealkylation sites (tertiary alicyclic amines) is 1. The van der Waals surface area contributed by atoms with E-state index in [1.165, 1.54) is 4.90 Å². The molecule has 2 amide bonds. The van der Waals surface area contributed by atoms with Crippen molar-refractivity contribution < 1.29 is 18.7 Å². The first-order valence-corrected chi connectivity index (χ1v) is 10.7. The summed E-state index contributed by atoms with van der Waals surface area (Å²) in [7, 11) is 0. The molecule has 1 saturated heterocycles. The molecule has 0 unspecified atom stereocenters. The Bertz CT molecular complexity index is 1030. The van der Waals surface area contributed by atoms with E-state index in [1.807, 2.05) is 60.7 Å². The van der Waals surface area contributed by atoms with Gasteiger partial charge in [-0.25, -0.2) is 4.79 Å². The smallest absolute Gasteiger partial charge is 0.410 e. The van der Waals surface area contributed by atoms with Crippen molar-refractivity contribution in [3.05, 3.63) is 60.7 Å². The Morgan fingerprint density at radius 3 is 2.28 bits per heavy atom. The van der Waals surface area contributed by atoms with E-state index in [9.17, 15) is 9.59 Å². The van der Waals surface area contributed by atoms with Crippen LogP contribution in [0.5, 0.6) is 0 Å². The molecule has 1 aromatic heterocycles. The number of nitrogens with one attached hydrogen (secondary N) is 1. The number of carbonyl (C=O) groups is 2. The Morgan fingerprint density at radius 1 is 1.03 bits per heavy atom. The maximum absolute atomic E-state index is 13.0. The normalized spacial score (nSPS) is 16.1. The number of hydrogen-bond donors (Lipinski definition) is 1. The van der Waals surface area contributed by atoms with Crippen LogP contribution in [0.1, 0.15) is 33.6 Å². The van der Waals surface area contributed by atoms with Crippen LogP contribution in [-0.4, -0.2) is 40.1 Å². The minimum absolute atomic E-state index is 0.101. The monoisotopic (exact) mass is 433 g/mol. The molecule has 2 heterocycles. The summed E-state index contributed by atoms with van der Waals surface area (Å²) < 4.78 is 11.4. The van der Waals surface area contributed by atoms with Gasteiger partial charge in [-0.3, -0.25) is 15.0 Å². The van der Waals surface area contributed by atoms with Crippen LogP contribution >= 0.6 is 0 Å². The van der Waals surface area contributed by atoms with Crippen LogP contribution in [0.4, 0.5) is 10.8 Å². The van der Waals surface area contributed by atoms with Gasteiger partial charge in [0.25, 0.3) is 5.91 Å². The van der Waals surface area contributed by atoms with Crippen molar-refractivity contribution in [1.82, 2.24) is 9.88 Å². The fourth-order valence-electron chi connectivity index (χ4n) is 3.72. The highest BCUT2D eigenvalue weighted by molar-refractivity contribution is 5.96. The predicted molar refractivity (Wildman–Crippen MR) is 122 cm³/mol. The van der Waals surface area contributed by atoms with E-state index in [0.29, 0.717) is 24.4 Å². The molecular formula is C25H27N3O4. The number of aromatic nitrogens is 1. The van der Waals surface area contributed by atoms with Gasteiger partial charge in [0, 0.05) is 17.7 Å². The molecule has 0 aliphatic carbocycles. The van der Waals surface area contributed by atoms with E-state index in [1.54, 1.807) is 20.8 Å².